The Morgan fingerprint density at radius 2 is 2.11 bits per heavy atom. The Bertz CT molecular complexity index is 389. The molecule has 0 aliphatic heterocycles. The van der Waals surface area contributed by atoms with Crippen LogP contribution in [0.3, 0.4) is 0 Å². The molecule has 0 atom stereocenters. The van der Waals surface area contributed by atoms with Gasteiger partial charge in [0.1, 0.15) is 0 Å². The third-order valence-corrected chi connectivity index (χ3v) is 4.44. The average molecular weight is 264 g/mol. The lowest BCUT2D eigenvalue weighted by Crippen LogP contribution is -2.36. The summed E-state index contributed by atoms with van der Waals surface area (Å²) in [6.07, 6.45) is 9.54. The molecule has 0 radical (unpaired) electrons. The van der Waals surface area contributed by atoms with E-state index >= 15 is 0 Å². The first-order valence-electron chi connectivity index (χ1n) is 7.79. The van der Waals surface area contributed by atoms with Gasteiger partial charge < -0.3 is 5.11 Å². The molecular weight excluding hydrogens is 236 g/mol. The summed E-state index contributed by atoms with van der Waals surface area (Å²) in [7, 11) is 0. The average Bonchev–Trinajstić information content (AvgIpc) is 2.81. The molecule has 1 aromatic rings. The molecule has 3 heteroatoms. The molecule has 0 spiro atoms. The van der Waals surface area contributed by atoms with Crippen molar-refractivity contribution in [1.29, 1.82) is 0 Å². The number of hydrogen-bond acceptors (Lipinski definition) is 2. The molecular formula is C16H28N2O. The molecule has 0 bridgehead atoms. The van der Waals surface area contributed by atoms with E-state index in [0.717, 1.165) is 24.5 Å². The van der Waals surface area contributed by atoms with Crippen LogP contribution in [-0.2, 0) is 6.42 Å². The highest BCUT2D eigenvalue weighted by molar-refractivity contribution is 5.05. The van der Waals surface area contributed by atoms with Crippen molar-refractivity contribution in [1.82, 2.24) is 9.78 Å². The summed E-state index contributed by atoms with van der Waals surface area (Å²) < 4.78 is 1.97. The molecule has 0 aromatic carbocycles. The summed E-state index contributed by atoms with van der Waals surface area (Å²) in [5.41, 5.74) is 0.519. The fourth-order valence-corrected chi connectivity index (χ4v) is 3.19. The van der Waals surface area contributed by atoms with Crippen molar-refractivity contribution in [3.05, 3.63) is 18.0 Å². The SMILES string of the molecule is CCCC1CCC(O)(Cc2ccn(C(C)C)n2)CC1. The second kappa shape index (κ2) is 6.08. The molecule has 0 amide bonds. The zero-order valence-corrected chi connectivity index (χ0v) is 12.6. The van der Waals surface area contributed by atoms with Gasteiger partial charge in [-0.25, -0.2) is 0 Å². The van der Waals surface area contributed by atoms with Crippen molar-refractivity contribution in [3.63, 3.8) is 0 Å². The lowest BCUT2D eigenvalue weighted by atomic mass is 9.75. The lowest BCUT2D eigenvalue weighted by molar-refractivity contribution is -0.0107. The van der Waals surface area contributed by atoms with Crippen molar-refractivity contribution < 1.29 is 5.11 Å². The quantitative estimate of drug-likeness (QED) is 0.880. The van der Waals surface area contributed by atoms with Crippen LogP contribution in [0.1, 0.15) is 71.0 Å². The van der Waals surface area contributed by atoms with Crippen LogP contribution in [0.4, 0.5) is 0 Å². The molecule has 2 rings (SSSR count). The van der Waals surface area contributed by atoms with Crippen LogP contribution in [0.5, 0.6) is 0 Å². The summed E-state index contributed by atoms with van der Waals surface area (Å²) in [4.78, 5) is 0. The van der Waals surface area contributed by atoms with E-state index in [-0.39, 0.29) is 0 Å². The fourth-order valence-electron chi connectivity index (χ4n) is 3.19. The Hall–Kier alpha value is -0.830. The summed E-state index contributed by atoms with van der Waals surface area (Å²) >= 11 is 0. The third-order valence-electron chi connectivity index (χ3n) is 4.44. The molecule has 1 heterocycles. The molecule has 1 N–H and O–H groups in total. The molecule has 1 aromatic heterocycles. The van der Waals surface area contributed by atoms with Crippen LogP contribution in [0.25, 0.3) is 0 Å². The first-order chi connectivity index (χ1) is 9.02. The van der Waals surface area contributed by atoms with Gasteiger partial charge >= 0.3 is 0 Å². The second-order valence-electron chi connectivity index (χ2n) is 6.51. The van der Waals surface area contributed by atoms with Gasteiger partial charge in [-0.1, -0.05) is 19.8 Å². The zero-order chi connectivity index (χ0) is 13.9. The highest BCUT2D eigenvalue weighted by atomic mass is 16.3. The molecule has 1 saturated carbocycles. The van der Waals surface area contributed by atoms with Crippen molar-refractivity contribution >= 4 is 0 Å². The Kier molecular flexibility index (Phi) is 4.67. The Morgan fingerprint density at radius 3 is 2.63 bits per heavy atom. The standard InChI is InChI=1S/C16H28N2O/c1-4-5-14-6-9-16(19,10-7-14)12-15-8-11-18(17-15)13(2)3/h8,11,13-14,19H,4-7,9-10,12H2,1-3H3. The van der Waals surface area contributed by atoms with Gasteiger partial charge in [0, 0.05) is 18.7 Å². The van der Waals surface area contributed by atoms with Gasteiger partial charge in [0.05, 0.1) is 11.3 Å². The number of aliphatic hydroxyl groups is 1. The molecule has 19 heavy (non-hydrogen) atoms. The van der Waals surface area contributed by atoms with Gasteiger partial charge in [-0.15, -0.1) is 0 Å². The largest absolute Gasteiger partial charge is 0.389 e. The van der Waals surface area contributed by atoms with Crippen LogP contribution >= 0.6 is 0 Å². The van der Waals surface area contributed by atoms with Crippen LogP contribution in [0.15, 0.2) is 12.3 Å². The first-order valence-corrected chi connectivity index (χ1v) is 7.79. The monoisotopic (exact) mass is 264 g/mol. The number of hydrogen-bond donors (Lipinski definition) is 1. The van der Waals surface area contributed by atoms with E-state index in [1.54, 1.807) is 0 Å². The van der Waals surface area contributed by atoms with Crippen LogP contribution in [0.2, 0.25) is 0 Å². The summed E-state index contributed by atoms with van der Waals surface area (Å²) in [5, 5.41) is 15.3. The molecule has 1 fully saturated rings. The lowest BCUT2D eigenvalue weighted by Gasteiger charge is -2.35. The summed E-state index contributed by atoms with van der Waals surface area (Å²) in [6.45, 7) is 6.50. The predicted molar refractivity (Wildman–Crippen MR) is 78.1 cm³/mol. The Morgan fingerprint density at radius 1 is 1.42 bits per heavy atom. The fraction of sp³-hybridized carbons (Fsp3) is 0.812. The van der Waals surface area contributed by atoms with Crippen molar-refractivity contribution in [2.24, 2.45) is 5.92 Å². The van der Waals surface area contributed by atoms with E-state index in [2.05, 4.69) is 31.9 Å². The van der Waals surface area contributed by atoms with Crippen LogP contribution < -0.4 is 0 Å². The molecule has 0 unspecified atom stereocenters. The van der Waals surface area contributed by atoms with Crippen LogP contribution in [0, 0.1) is 5.92 Å². The number of aromatic nitrogens is 2. The molecule has 1 aliphatic rings. The first kappa shape index (κ1) is 14.6. The Balaban J connectivity index is 1.91. The Labute approximate surface area is 117 Å². The maximum absolute atomic E-state index is 10.7. The topological polar surface area (TPSA) is 38.0 Å². The van der Waals surface area contributed by atoms with Crippen molar-refractivity contribution in [2.45, 2.75) is 77.4 Å². The maximum atomic E-state index is 10.7. The van der Waals surface area contributed by atoms with Gasteiger partial charge in [-0.2, -0.15) is 5.10 Å². The normalized spacial score (nSPS) is 27.9. The molecule has 0 saturated heterocycles. The van der Waals surface area contributed by atoms with E-state index < -0.39 is 5.60 Å². The third kappa shape index (κ3) is 3.82. The van der Waals surface area contributed by atoms with Crippen molar-refractivity contribution in [3.8, 4) is 0 Å². The van der Waals surface area contributed by atoms with Gasteiger partial charge in [-0.05, 0) is 51.5 Å². The molecule has 1 aliphatic carbocycles. The van der Waals surface area contributed by atoms with Crippen molar-refractivity contribution in [2.75, 3.05) is 0 Å². The highest BCUT2D eigenvalue weighted by Crippen LogP contribution is 2.36. The van der Waals surface area contributed by atoms with Crippen LogP contribution in [-0.4, -0.2) is 20.5 Å². The van der Waals surface area contributed by atoms with E-state index in [0.29, 0.717) is 12.5 Å². The predicted octanol–water partition coefficient (Wildman–Crippen LogP) is 3.73. The smallest absolute Gasteiger partial charge is 0.0703 e. The number of rotatable bonds is 5. The summed E-state index contributed by atoms with van der Waals surface area (Å²) in [6, 6.07) is 2.44. The minimum Gasteiger partial charge on any atom is -0.389 e. The minimum absolute atomic E-state index is 0.392. The zero-order valence-electron chi connectivity index (χ0n) is 12.6. The summed E-state index contributed by atoms with van der Waals surface area (Å²) in [5.74, 6) is 0.832. The van der Waals surface area contributed by atoms with Gasteiger partial charge in [-0.3, -0.25) is 4.68 Å². The van der Waals surface area contributed by atoms with Gasteiger partial charge in [0.2, 0.25) is 0 Å². The number of nitrogens with zero attached hydrogens (tertiary/aromatic N) is 2. The maximum Gasteiger partial charge on any atom is 0.0703 e. The molecule has 108 valence electrons. The minimum atomic E-state index is -0.513. The van der Waals surface area contributed by atoms with Gasteiger partial charge in [0.15, 0.2) is 0 Å². The van der Waals surface area contributed by atoms with E-state index in [1.807, 2.05) is 10.9 Å². The molecule has 3 nitrogen and oxygen atoms in total. The van der Waals surface area contributed by atoms with Gasteiger partial charge in [0.25, 0.3) is 0 Å². The van der Waals surface area contributed by atoms with E-state index in [4.69, 9.17) is 0 Å². The van der Waals surface area contributed by atoms with E-state index in [1.165, 1.54) is 25.7 Å². The second-order valence-corrected chi connectivity index (χ2v) is 6.51. The highest BCUT2D eigenvalue weighted by Gasteiger charge is 2.33. The van der Waals surface area contributed by atoms with E-state index in [9.17, 15) is 5.11 Å².